The maximum Gasteiger partial charge on any atom is 0.182 e. The maximum absolute atomic E-state index is 5.17. The molecule has 6 aliphatic carbocycles. The first-order chi connectivity index (χ1) is 15.8. The predicted molar refractivity (Wildman–Crippen MR) is 127 cm³/mol. The van der Waals surface area contributed by atoms with Crippen LogP contribution in [0.15, 0.2) is 61.0 Å². The molecule has 0 fully saturated rings. The van der Waals surface area contributed by atoms with E-state index in [-0.39, 0.29) is 0 Å². The molecule has 0 spiro atoms. The van der Waals surface area contributed by atoms with Crippen molar-refractivity contribution in [2.45, 2.75) is 49.4 Å². The topological polar surface area (TPSA) is 34.6 Å². The third-order valence-electron chi connectivity index (χ3n) is 8.63. The largest absolute Gasteiger partial charge is 0.296 e. The number of aromatic nitrogens is 4. The van der Waals surface area contributed by atoms with Crippen LogP contribution in [0.3, 0.4) is 0 Å². The molecule has 4 heterocycles. The van der Waals surface area contributed by atoms with Crippen molar-refractivity contribution in [1.82, 2.24) is 18.8 Å². The van der Waals surface area contributed by atoms with E-state index in [2.05, 4.69) is 69.8 Å². The first kappa shape index (κ1) is 16.3. The molecule has 0 radical (unpaired) electrons. The van der Waals surface area contributed by atoms with Crippen molar-refractivity contribution in [3.63, 3.8) is 0 Å². The molecule has 0 saturated heterocycles. The molecule has 0 N–H and O–H groups in total. The number of allylic oxidation sites excluding steroid dienone is 4. The van der Waals surface area contributed by atoms with Gasteiger partial charge in [-0.25, -0.2) is 9.97 Å². The Labute approximate surface area is 184 Å². The summed E-state index contributed by atoms with van der Waals surface area (Å²) in [7, 11) is 0. The van der Waals surface area contributed by atoms with Gasteiger partial charge in [-0.05, 0) is 60.1 Å². The Morgan fingerprint density at radius 2 is 1.03 bits per heavy atom. The van der Waals surface area contributed by atoms with Crippen LogP contribution in [-0.4, -0.2) is 18.8 Å². The third-order valence-corrected chi connectivity index (χ3v) is 8.63. The van der Waals surface area contributed by atoms with Crippen LogP contribution in [0, 0.1) is 0 Å². The van der Waals surface area contributed by atoms with Crippen LogP contribution < -0.4 is 0 Å². The highest BCUT2D eigenvalue weighted by Gasteiger charge is 2.37. The zero-order chi connectivity index (χ0) is 20.6. The van der Waals surface area contributed by atoms with Crippen molar-refractivity contribution in [2.24, 2.45) is 0 Å². The van der Waals surface area contributed by atoms with Gasteiger partial charge in [-0.2, -0.15) is 0 Å². The summed E-state index contributed by atoms with van der Waals surface area (Å²) in [5, 5.41) is 0. The second-order valence-electron chi connectivity index (χ2n) is 10.1. The van der Waals surface area contributed by atoms with Crippen LogP contribution in [0.25, 0.3) is 33.4 Å². The predicted octanol–water partition coefficient (Wildman–Crippen LogP) is 6.35. The number of benzene rings is 1. The minimum absolute atomic E-state index is 0.525. The lowest BCUT2D eigenvalue weighted by molar-refractivity contribution is 0.557. The lowest BCUT2D eigenvalue weighted by Gasteiger charge is -2.32. The molecule has 6 aliphatic rings. The molecule has 0 amide bonds. The molecule has 4 heteroatoms. The Bertz CT molecular complexity index is 1590. The highest BCUT2D eigenvalue weighted by atomic mass is 15.1. The Morgan fingerprint density at radius 1 is 0.594 bits per heavy atom. The molecule has 4 aromatic heterocycles. The SMILES string of the molecule is C1=CC2CCC1c1cn3c4nc5ccccc5nc4n4cc5c(c4c3c12)C1C=CC5CC1. The minimum Gasteiger partial charge on any atom is -0.296 e. The van der Waals surface area contributed by atoms with Crippen LogP contribution in [0.5, 0.6) is 0 Å². The first-order valence-corrected chi connectivity index (χ1v) is 12.0. The molecular formula is C28H22N4. The summed E-state index contributed by atoms with van der Waals surface area (Å²) < 4.78 is 4.80. The molecule has 11 rings (SSSR count). The zero-order valence-corrected chi connectivity index (χ0v) is 17.7. The van der Waals surface area contributed by atoms with Crippen molar-refractivity contribution < 1.29 is 0 Å². The summed E-state index contributed by atoms with van der Waals surface area (Å²) in [4.78, 5) is 10.3. The number of para-hydroxylation sites is 2. The van der Waals surface area contributed by atoms with Crippen LogP contribution in [0.1, 0.15) is 71.6 Å². The molecule has 32 heavy (non-hydrogen) atoms. The molecule has 4 bridgehead atoms. The van der Waals surface area contributed by atoms with Crippen molar-refractivity contribution in [2.75, 3.05) is 0 Å². The number of rotatable bonds is 0. The summed E-state index contributed by atoms with van der Waals surface area (Å²) in [6.07, 6.45) is 19.6. The summed E-state index contributed by atoms with van der Waals surface area (Å²) >= 11 is 0. The Balaban J connectivity index is 1.56. The standard InChI is InChI=1S/C28H22N4/c1-2-4-22-21(3-1)29-27-28(30-22)32-14-20-16-7-11-18(12-8-16)24(20)26(32)25-23-17-9-5-15(6-10-17)19(23)13-31(25)27/h1-5,7,9,11,13-18H,6,8,10,12H2. The van der Waals surface area contributed by atoms with E-state index in [0.717, 1.165) is 22.3 Å². The normalized spacial score (nSPS) is 27.2. The van der Waals surface area contributed by atoms with Gasteiger partial charge in [-0.15, -0.1) is 0 Å². The van der Waals surface area contributed by atoms with E-state index in [1.165, 1.54) is 47.8 Å². The Hall–Kier alpha value is -3.40. The molecule has 154 valence electrons. The molecule has 4 nitrogen and oxygen atoms in total. The number of hydrogen-bond donors (Lipinski definition) is 0. The van der Waals surface area contributed by atoms with E-state index >= 15 is 0 Å². The average molecular weight is 415 g/mol. The van der Waals surface area contributed by atoms with Gasteiger partial charge in [0.05, 0.1) is 22.1 Å². The van der Waals surface area contributed by atoms with Gasteiger partial charge in [-0.1, -0.05) is 36.4 Å². The maximum atomic E-state index is 5.17. The smallest absolute Gasteiger partial charge is 0.182 e. The second-order valence-corrected chi connectivity index (χ2v) is 10.1. The van der Waals surface area contributed by atoms with Gasteiger partial charge < -0.3 is 0 Å². The van der Waals surface area contributed by atoms with E-state index in [0.29, 0.717) is 23.7 Å². The number of nitrogens with zero attached hydrogens (tertiary/aromatic N) is 4. The monoisotopic (exact) mass is 414 g/mol. The molecular weight excluding hydrogens is 392 g/mol. The van der Waals surface area contributed by atoms with Crippen LogP contribution in [0.4, 0.5) is 0 Å². The van der Waals surface area contributed by atoms with Gasteiger partial charge >= 0.3 is 0 Å². The third kappa shape index (κ3) is 1.76. The Morgan fingerprint density at radius 3 is 1.47 bits per heavy atom. The molecule has 1 aromatic carbocycles. The van der Waals surface area contributed by atoms with E-state index < -0.39 is 0 Å². The van der Waals surface area contributed by atoms with Gasteiger partial charge in [0.1, 0.15) is 0 Å². The number of fused-ring (bicyclic) bond motifs is 9. The number of hydrogen-bond acceptors (Lipinski definition) is 2. The van der Waals surface area contributed by atoms with Crippen molar-refractivity contribution in [3.05, 3.63) is 83.2 Å². The lowest BCUT2D eigenvalue weighted by Crippen LogP contribution is -2.16. The van der Waals surface area contributed by atoms with Crippen molar-refractivity contribution in [3.8, 4) is 0 Å². The average Bonchev–Trinajstić information content (AvgIpc) is 3.47. The minimum atomic E-state index is 0.525. The van der Waals surface area contributed by atoms with Crippen LogP contribution in [0.2, 0.25) is 0 Å². The van der Waals surface area contributed by atoms with Gasteiger partial charge in [0.2, 0.25) is 0 Å². The molecule has 0 saturated carbocycles. The highest BCUT2D eigenvalue weighted by Crippen LogP contribution is 2.53. The first-order valence-electron chi connectivity index (χ1n) is 12.0. The Kier molecular flexibility index (Phi) is 2.70. The quantitative estimate of drug-likeness (QED) is 0.219. The summed E-state index contributed by atoms with van der Waals surface area (Å²) in [6.45, 7) is 0. The fraction of sp³-hybridized carbons (Fsp3) is 0.286. The van der Waals surface area contributed by atoms with Gasteiger partial charge in [0.15, 0.2) is 11.3 Å². The van der Waals surface area contributed by atoms with E-state index in [1.807, 2.05) is 0 Å². The summed E-state index contributed by atoms with van der Waals surface area (Å²) in [5.41, 5.74) is 12.8. The summed E-state index contributed by atoms with van der Waals surface area (Å²) in [6, 6.07) is 8.27. The van der Waals surface area contributed by atoms with Gasteiger partial charge in [0.25, 0.3) is 0 Å². The zero-order valence-electron chi connectivity index (χ0n) is 17.7. The van der Waals surface area contributed by atoms with E-state index in [9.17, 15) is 0 Å². The van der Waals surface area contributed by atoms with Gasteiger partial charge in [0, 0.05) is 36.1 Å². The van der Waals surface area contributed by atoms with Crippen LogP contribution >= 0.6 is 0 Å². The molecule has 4 atom stereocenters. The fourth-order valence-electron chi connectivity index (χ4n) is 7.21. The molecule has 5 aromatic rings. The van der Waals surface area contributed by atoms with E-state index in [4.69, 9.17) is 9.97 Å². The molecule has 4 unspecified atom stereocenters. The van der Waals surface area contributed by atoms with Crippen molar-refractivity contribution in [1.29, 1.82) is 0 Å². The molecule has 0 aliphatic heterocycles. The fourth-order valence-corrected chi connectivity index (χ4v) is 7.21. The van der Waals surface area contributed by atoms with Gasteiger partial charge in [-0.3, -0.25) is 8.80 Å². The van der Waals surface area contributed by atoms with Crippen molar-refractivity contribution >= 4 is 33.4 Å². The lowest BCUT2D eigenvalue weighted by atomic mass is 9.71. The summed E-state index contributed by atoms with van der Waals surface area (Å²) in [5.74, 6) is 2.13. The highest BCUT2D eigenvalue weighted by molar-refractivity contribution is 5.96. The van der Waals surface area contributed by atoms with E-state index in [1.54, 1.807) is 11.1 Å². The van der Waals surface area contributed by atoms with Crippen LogP contribution in [-0.2, 0) is 0 Å². The second kappa shape index (κ2) is 5.32.